The Kier molecular flexibility index (Phi) is 5.33. The number of para-hydroxylation sites is 1. The lowest BCUT2D eigenvalue weighted by Crippen LogP contribution is -2.24. The molecule has 112 valence electrons. The molecule has 0 atom stereocenters. The van der Waals surface area contributed by atoms with Crippen molar-refractivity contribution in [1.82, 2.24) is 5.32 Å². The van der Waals surface area contributed by atoms with Crippen LogP contribution in [0, 0.1) is 12.7 Å². The number of rotatable bonds is 6. The summed E-state index contributed by atoms with van der Waals surface area (Å²) in [6.07, 6.45) is 0.865. The highest BCUT2D eigenvalue weighted by molar-refractivity contribution is 7.11. The van der Waals surface area contributed by atoms with Crippen LogP contribution >= 0.6 is 11.3 Å². The van der Waals surface area contributed by atoms with Gasteiger partial charge in [0, 0.05) is 16.3 Å². The molecule has 2 aromatic rings. The van der Waals surface area contributed by atoms with Crippen LogP contribution in [0.3, 0.4) is 0 Å². The maximum Gasteiger partial charge on any atom is 0.253 e. The molecule has 21 heavy (non-hydrogen) atoms. The van der Waals surface area contributed by atoms with E-state index in [4.69, 9.17) is 0 Å². The summed E-state index contributed by atoms with van der Waals surface area (Å²) in [4.78, 5) is 14.5. The molecule has 0 radical (unpaired) electrons. The Morgan fingerprint density at radius 2 is 2.10 bits per heavy atom. The smallest absolute Gasteiger partial charge is 0.253 e. The van der Waals surface area contributed by atoms with Gasteiger partial charge in [0.1, 0.15) is 5.82 Å². The second-order valence-electron chi connectivity index (χ2n) is 4.78. The fourth-order valence-corrected chi connectivity index (χ4v) is 2.82. The first kappa shape index (κ1) is 15.5. The van der Waals surface area contributed by atoms with Gasteiger partial charge in [-0.25, -0.2) is 4.39 Å². The number of carbonyl (C=O) groups excluding carboxylic acids is 1. The molecule has 2 N–H and O–H groups in total. The van der Waals surface area contributed by atoms with Gasteiger partial charge in [0.05, 0.1) is 17.8 Å². The number of benzene rings is 1. The highest BCUT2D eigenvalue weighted by Gasteiger charge is 2.14. The Morgan fingerprint density at radius 3 is 2.76 bits per heavy atom. The molecule has 0 unspecified atom stereocenters. The van der Waals surface area contributed by atoms with Crippen molar-refractivity contribution in [2.45, 2.75) is 26.8 Å². The van der Waals surface area contributed by atoms with E-state index in [1.54, 1.807) is 23.5 Å². The average Bonchev–Trinajstić information content (AvgIpc) is 2.89. The number of anilines is 1. The quantitative estimate of drug-likeness (QED) is 0.848. The molecule has 1 heterocycles. The van der Waals surface area contributed by atoms with Gasteiger partial charge in [0.25, 0.3) is 5.91 Å². The van der Waals surface area contributed by atoms with E-state index in [0.29, 0.717) is 18.7 Å². The predicted octanol–water partition coefficient (Wildman–Crippen LogP) is 3.95. The molecule has 0 bridgehead atoms. The molecule has 0 spiro atoms. The maximum absolute atomic E-state index is 13.9. The van der Waals surface area contributed by atoms with Gasteiger partial charge in [-0.1, -0.05) is 13.0 Å². The highest BCUT2D eigenvalue weighted by Crippen LogP contribution is 2.20. The summed E-state index contributed by atoms with van der Waals surface area (Å²) < 4.78 is 13.9. The molecule has 0 aliphatic rings. The summed E-state index contributed by atoms with van der Waals surface area (Å²) in [6.45, 7) is 5.11. The number of hydrogen-bond acceptors (Lipinski definition) is 3. The third-order valence-corrected chi connectivity index (χ3v) is 4.03. The predicted molar refractivity (Wildman–Crippen MR) is 85.4 cm³/mol. The summed E-state index contributed by atoms with van der Waals surface area (Å²) in [6, 6.07) is 8.55. The van der Waals surface area contributed by atoms with Crippen LogP contribution in [-0.4, -0.2) is 12.5 Å². The Bertz CT molecular complexity index is 624. The molecule has 0 aliphatic carbocycles. The van der Waals surface area contributed by atoms with Crippen molar-refractivity contribution in [3.05, 3.63) is 51.5 Å². The second-order valence-corrected chi connectivity index (χ2v) is 6.16. The van der Waals surface area contributed by atoms with Crippen molar-refractivity contribution in [2.75, 3.05) is 11.9 Å². The van der Waals surface area contributed by atoms with Crippen LogP contribution < -0.4 is 10.6 Å². The van der Waals surface area contributed by atoms with Gasteiger partial charge >= 0.3 is 0 Å². The van der Waals surface area contributed by atoms with Crippen LogP contribution in [0.15, 0.2) is 30.3 Å². The minimum absolute atomic E-state index is 0.265. The van der Waals surface area contributed by atoms with Crippen molar-refractivity contribution in [3.8, 4) is 0 Å². The average molecular weight is 306 g/mol. The van der Waals surface area contributed by atoms with E-state index in [1.807, 2.05) is 26.0 Å². The van der Waals surface area contributed by atoms with Crippen molar-refractivity contribution in [2.24, 2.45) is 0 Å². The van der Waals surface area contributed by atoms with Crippen molar-refractivity contribution in [1.29, 1.82) is 0 Å². The highest BCUT2D eigenvalue weighted by atomic mass is 32.1. The van der Waals surface area contributed by atoms with E-state index in [1.165, 1.54) is 10.9 Å². The minimum atomic E-state index is -0.400. The number of halogens is 1. The summed E-state index contributed by atoms with van der Waals surface area (Å²) in [5, 5.41) is 5.82. The molecule has 0 saturated heterocycles. The zero-order valence-electron chi connectivity index (χ0n) is 12.2. The first-order valence-electron chi connectivity index (χ1n) is 6.97. The van der Waals surface area contributed by atoms with Gasteiger partial charge in [0.15, 0.2) is 0 Å². The molecule has 3 nitrogen and oxygen atoms in total. The standard InChI is InChI=1S/C16H19FN2OS/c1-3-9-18-15-13(5-4-6-14(15)17)16(20)19-10-12-8-7-11(2)21-12/h4-8,18H,3,9-10H2,1-2H3,(H,19,20). The monoisotopic (exact) mass is 306 g/mol. The van der Waals surface area contributed by atoms with Gasteiger partial charge in [-0.3, -0.25) is 4.79 Å². The lowest BCUT2D eigenvalue weighted by Gasteiger charge is -2.12. The SMILES string of the molecule is CCCNc1c(F)cccc1C(=O)NCc1ccc(C)s1. The van der Waals surface area contributed by atoms with E-state index >= 15 is 0 Å². The summed E-state index contributed by atoms with van der Waals surface area (Å²) >= 11 is 1.64. The number of thiophene rings is 1. The summed E-state index contributed by atoms with van der Waals surface area (Å²) in [7, 11) is 0. The van der Waals surface area contributed by atoms with Crippen LogP contribution in [0.1, 0.15) is 33.5 Å². The van der Waals surface area contributed by atoms with E-state index in [2.05, 4.69) is 10.6 Å². The lowest BCUT2D eigenvalue weighted by atomic mass is 10.1. The topological polar surface area (TPSA) is 41.1 Å². The molecular weight excluding hydrogens is 287 g/mol. The number of amides is 1. The van der Waals surface area contributed by atoms with Crippen LogP contribution in [0.4, 0.5) is 10.1 Å². The first-order valence-corrected chi connectivity index (χ1v) is 7.79. The van der Waals surface area contributed by atoms with Crippen LogP contribution in [0.25, 0.3) is 0 Å². The Hall–Kier alpha value is -1.88. The Balaban J connectivity index is 2.09. The molecule has 0 aliphatic heterocycles. The second kappa shape index (κ2) is 7.22. The Morgan fingerprint density at radius 1 is 1.29 bits per heavy atom. The third kappa shape index (κ3) is 4.04. The van der Waals surface area contributed by atoms with Crippen molar-refractivity contribution in [3.63, 3.8) is 0 Å². The molecule has 1 amide bonds. The van der Waals surface area contributed by atoms with Gasteiger partial charge in [-0.15, -0.1) is 11.3 Å². The molecule has 5 heteroatoms. The number of carbonyl (C=O) groups is 1. The fraction of sp³-hybridized carbons (Fsp3) is 0.312. The van der Waals surface area contributed by atoms with Gasteiger partial charge in [-0.2, -0.15) is 0 Å². The lowest BCUT2D eigenvalue weighted by molar-refractivity contribution is 0.0951. The number of hydrogen-bond donors (Lipinski definition) is 2. The van der Waals surface area contributed by atoms with E-state index in [9.17, 15) is 9.18 Å². The zero-order valence-corrected chi connectivity index (χ0v) is 13.0. The van der Waals surface area contributed by atoms with Crippen LogP contribution in [0.5, 0.6) is 0 Å². The number of nitrogens with one attached hydrogen (secondary N) is 2. The van der Waals surface area contributed by atoms with E-state index in [0.717, 1.165) is 11.3 Å². The van der Waals surface area contributed by atoms with Gasteiger partial charge < -0.3 is 10.6 Å². The van der Waals surface area contributed by atoms with Crippen LogP contribution in [-0.2, 0) is 6.54 Å². The van der Waals surface area contributed by atoms with Gasteiger partial charge in [-0.05, 0) is 37.6 Å². The van der Waals surface area contributed by atoms with E-state index in [-0.39, 0.29) is 11.6 Å². The molecule has 1 aromatic carbocycles. The van der Waals surface area contributed by atoms with Gasteiger partial charge in [0.2, 0.25) is 0 Å². The normalized spacial score (nSPS) is 10.4. The molecule has 0 fully saturated rings. The molecule has 2 rings (SSSR count). The van der Waals surface area contributed by atoms with Crippen molar-refractivity contribution < 1.29 is 9.18 Å². The molecule has 0 saturated carbocycles. The van der Waals surface area contributed by atoms with Crippen LogP contribution in [0.2, 0.25) is 0 Å². The number of aryl methyl sites for hydroxylation is 1. The Labute approximate surface area is 128 Å². The fourth-order valence-electron chi connectivity index (χ4n) is 1.99. The van der Waals surface area contributed by atoms with Crippen molar-refractivity contribution >= 4 is 22.9 Å². The van der Waals surface area contributed by atoms with E-state index < -0.39 is 5.82 Å². The molecular formula is C16H19FN2OS. The summed E-state index contributed by atoms with van der Waals surface area (Å²) in [5.41, 5.74) is 0.621. The summed E-state index contributed by atoms with van der Waals surface area (Å²) in [5.74, 6) is -0.665. The zero-order chi connectivity index (χ0) is 15.2. The maximum atomic E-state index is 13.9. The largest absolute Gasteiger partial charge is 0.382 e. The third-order valence-electron chi connectivity index (χ3n) is 3.03. The molecule has 1 aromatic heterocycles. The minimum Gasteiger partial charge on any atom is -0.382 e. The first-order chi connectivity index (χ1) is 10.1.